The molecule has 0 aliphatic rings. The Hall–Kier alpha value is -1.15. The summed E-state index contributed by atoms with van der Waals surface area (Å²) in [6, 6.07) is 0.184. The monoisotopic (exact) mass is 272 g/mol. The lowest BCUT2D eigenvalue weighted by molar-refractivity contribution is -0.121. The van der Waals surface area contributed by atoms with Crippen molar-refractivity contribution < 1.29 is 4.79 Å². The smallest absolute Gasteiger partial charge is 0.221 e. The van der Waals surface area contributed by atoms with Crippen LogP contribution in [0.4, 0.5) is 0 Å². The van der Waals surface area contributed by atoms with Crippen molar-refractivity contribution in [3.05, 3.63) is 0 Å². The van der Waals surface area contributed by atoms with Crippen molar-refractivity contribution in [3.8, 4) is 0 Å². The highest BCUT2D eigenvalue weighted by atomic mass is 32.2. The molecule has 7 nitrogen and oxygen atoms in total. The van der Waals surface area contributed by atoms with Crippen LogP contribution in [-0.4, -0.2) is 51.5 Å². The number of carbonyl (C=O) groups is 1. The van der Waals surface area contributed by atoms with Gasteiger partial charge in [-0.05, 0) is 31.3 Å². The molecule has 0 aliphatic carbocycles. The van der Waals surface area contributed by atoms with Gasteiger partial charge in [0.1, 0.15) is 0 Å². The fourth-order valence-corrected chi connectivity index (χ4v) is 2.13. The molecule has 0 fully saturated rings. The van der Waals surface area contributed by atoms with Crippen LogP contribution in [-0.2, 0) is 11.3 Å². The minimum Gasteiger partial charge on any atom is -0.354 e. The number of nitrogens with one attached hydrogen (secondary N) is 2. The van der Waals surface area contributed by atoms with Crippen molar-refractivity contribution in [3.63, 3.8) is 0 Å². The quantitative estimate of drug-likeness (QED) is 0.643. The second-order valence-electron chi connectivity index (χ2n) is 4.11. The third kappa shape index (κ3) is 5.46. The summed E-state index contributed by atoms with van der Waals surface area (Å²) in [5, 5.41) is 18.1. The number of aromatic nitrogens is 4. The van der Waals surface area contributed by atoms with Crippen LogP contribution in [0.15, 0.2) is 5.16 Å². The summed E-state index contributed by atoms with van der Waals surface area (Å²) in [7, 11) is 1.88. The molecular weight excluding hydrogens is 252 g/mol. The first kappa shape index (κ1) is 14.9. The molecule has 1 aromatic heterocycles. The van der Waals surface area contributed by atoms with Crippen molar-refractivity contribution in [2.24, 2.45) is 0 Å². The molecule has 1 aromatic rings. The van der Waals surface area contributed by atoms with Crippen molar-refractivity contribution >= 4 is 17.7 Å². The maximum Gasteiger partial charge on any atom is 0.221 e. The summed E-state index contributed by atoms with van der Waals surface area (Å²) in [5.74, 6) is 0.741. The highest BCUT2D eigenvalue weighted by Crippen LogP contribution is 2.14. The first-order valence-corrected chi connectivity index (χ1v) is 6.95. The lowest BCUT2D eigenvalue weighted by Crippen LogP contribution is -2.30. The Kier molecular flexibility index (Phi) is 6.66. The minimum atomic E-state index is 0.0618. The summed E-state index contributed by atoms with van der Waals surface area (Å²) >= 11 is 1.50. The molecule has 0 atom stereocenters. The molecule has 1 heterocycles. The Morgan fingerprint density at radius 1 is 1.50 bits per heavy atom. The van der Waals surface area contributed by atoms with E-state index < -0.39 is 0 Å². The van der Waals surface area contributed by atoms with Gasteiger partial charge in [-0.1, -0.05) is 11.8 Å². The summed E-state index contributed by atoms with van der Waals surface area (Å²) in [6.07, 6.45) is 0.474. The number of rotatable bonds is 8. The molecule has 1 rings (SSSR count). The standard InChI is InChI=1S/C10H20N6OS/c1-8(2)12-9(17)4-7-18-10-13-14-15-16(10)6-5-11-3/h8,11H,4-7H2,1-3H3,(H,12,17). The number of nitrogens with zero attached hydrogens (tertiary/aromatic N) is 4. The molecule has 0 saturated heterocycles. The van der Waals surface area contributed by atoms with Crippen molar-refractivity contribution in [1.29, 1.82) is 0 Å². The molecule has 0 saturated carbocycles. The first-order valence-electron chi connectivity index (χ1n) is 5.96. The first-order chi connectivity index (χ1) is 8.63. The normalized spacial score (nSPS) is 10.9. The van der Waals surface area contributed by atoms with Gasteiger partial charge < -0.3 is 10.6 Å². The molecule has 0 aliphatic heterocycles. The van der Waals surface area contributed by atoms with Crippen LogP contribution in [0.1, 0.15) is 20.3 Å². The van der Waals surface area contributed by atoms with E-state index in [9.17, 15) is 4.79 Å². The van der Waals surface area contributed by atoms with Gasteiger partial charge in [-0.3, -0.25) is 4.79 Å². The van der Waals surface area contributed by atoms with Crippen LogP contribution in [0.2, 0.25) is 0 Å². The Bertz CT molecular complexity index is 367. The van der Waals surface area contributed by atoms with Crippen LogP contribution in [0.5, 0.6) is 0 Å². The Labute approximate surface area is 111 Å². The van der Waals surface area contributed by atoms with E-state index in [1.165, 1.54) is 11.8 Å². The molecule has 102 valence electrons. The molecule has 2 N–H and O–H groups in total. The van der Waals surface area contributed by atoms with Gasteiger partial charge in [-0.25, -0.2) is 4.68 Å². The van der Waals surface area contributed by atoms with Gasteiger partial charge >= 0.3 is 0 Å². The molecule has 1 amide bonds. The van der Waals surface area contributed by atoms with Gasteiger partial charge in [0.25, 0.3) is 0 Å². The van der Waals surface area contributed by atoms with Gasteiger partial charge in [0.15, 0.2) is 0 Å². The SMILES string of the molecule is CNCCn1nnnc1SCCC(=O)NC(C)C. The number of likely N-dealkylation sites (N-methyl/N-ethyl adjacent to an activating group) is 1. The zero-order chi connectivity index (χ0) is 13.4. The minimum absolute atomic E-state index is 0.0618. The molecule has 8 heteroatoms. The Balaban J connectivity index is 2.30. The number of thioether (sulfide) groups is 1. The highest BCUT2D eigenvalue weighted by molar-refractivity contribution is 7.99. The van der Waals surface area contributed by atoms with Crippen LogP contribution in [0, 0.1) is 0 Å². The molecule has 0 unspecified atom stereocenters. The molecule has 0 bridgehead atoms. The highest BCUT2D eigenvalue weighted by Gasteiger charge is 2.08. The number of carbonyl (C=O) groups excluding carboxylic acids is 1. The predicted molar refractivity (Wildman–Crippen MR) is 70.4 cm³/mol. The van der Waals surface area contributed by atoms with E-state index in [1.54, 1.807) is 4.68 Å². The van der Waals surface area contributed by atoms with Crippen molar-refractivity contribution in [2.75, 3.05) is 19.3 Å². The summed E-state index contributed by atoms with van der Waals surface area (Å²) in [5.41, 5.74) is 0. The lowest BCUT2D eigenvalue weighted by Gasteiger charge is -2.07. The van der Waals surface area contributed by atoms with Gasteiger partial charge in [0.05, 0.1) is 6.54 Å². The number of hydrogen-bond donors (Lipinski definition) is 2. The van der Waals surface area contributed by atoms with Crippen LogP contribution in [0.3, 0.4) is 0 Å². The van der Waals surface area contributed by atoms with E-state index in [2.05, 4.69) is 26.2 Å². The van der Waals surface area contributed by atoms with Crippen molar-refractivity contribution in [1.82, 2.24) is 30.8 Å². The molecule has 0 aromatic carbocycles. The second-order valence-corrected chi connectivity index (χ2v) is 5.17. The third-order valence-corrected chi connectivity index (χ3v) is 3.04. The van der Waals surface area contributed by atoms with Crippen LogP contribution >= 0.6 is 11.8 Å². The maximum atomic E-state index is 11.4. The van der Waals surface area contributed by atoms with E-state index in [0.29, 0.717) is 12.2 Å². The number of hydrogen-bond acceptors (Lipinski definition) is 6. The average Bonchev–Trinajstić information content (AvgIpc) is 2.73. The van der Waals surface area contributed by atoms with Gasteiger partial charge in [0.2, 0.25) is 11.1 Å². The zero-order valence-electron chi connectivity index (χ0n) is 11.0. The van der Waals surface area contributed by atoms with Gasteiger partial charge in [-0.2, -0.15) is 0 Å². The maximum absolute atomic E-state index is 11.4. The van der Waals surface area contributed by atoms with Crippen molar-refractivity contribution in [2.45, 2.75) is 38.0 Å². The van der Waals surface area contributed by atoms with Crippen LogP contribution < -0.4 is 10.6 Å². The number of tetrazole rings is 1. The van der Waals surface area contributed by atoms with E-state index in [1.807, 2.05) is 20.9 Å². The number of amides is 1. The summed E-state index contributed by atoms with van der Waals surface area (Å²) in [4.78, 5) is 11.4. The molecule has 0 radical (unpaired) electrons. The van der Waals surface area contributed by atoms with Gasteiger partial charge in [0, 0.05) is 24.8 Å². The third-order valence-electron chi connectivity index (χ3n) is 2.08. The largest absolute Gasteiger partial charge is 0.354 e. The van der Waals surface area contributed by atoms with E-state index in [4.69, 9.17) is 0 Å². The van der Waals surface area contributed by atoms with Crippen LogP contribution in [0.25, 0.3) is 0 Å². The topological polar surface area (TPSA) is 84.7 Å². The zero-order valence-corrected chi connectivity index (χ0v) is 11.8. The fourth-order valence-electron chi connectivity index (χ4n) is 1.29. The average molecular weight is 272 g/mol. The Morgan fingerprint density at radius 2 is 2.28 bits per heavy atom. The fraction of sp³-hybridized carbons (Fsp3) is 0.800. The predicted octanol–water partition coefficient (Wildman–Crippen LogP) is -0.101. The lowest BCUT2D eigenvalue weighted by atomic mass is 10.3. The van der Waals surface area contributed by atoms with E-state index >= 15 is 0 Å². The molecule has 18 heavy (non-hydrogen) atoms. The molecular formula is C10H20N6OS. The van der Waals surface area contributed by atoms with Gasteiger partial charge in [-0.15, -0.1) is 5.10 Å². The summed E-state index contributed by atoms with van der Waals surface area (Å²) < 4.78 is 1.74. The van der Waals surface area contributed by atoms with E-state index in [-0.39, 0.29) is 11.9 Å². The Morgan fingerprint density at radius 3 is 2.94 bits per heavy atom. The molecule has 0 spiro atoms. The van der Waals surface area contributed by atoms with E-state index in [0.717, 1.165) is 18.2 Å². The second kappa shape index (κ2) is 8.04. The summed E-state index contributed by atoms with van der Waals surface area (Å²) in [6.45, 7) is 5.43.